The summed E-state index contributed by atoms with van der Waals surface area (Å²) in [5.74, 6) is 0.904. The van der Waals surface area contributed by atoms with Crippen molar-refractivity contribution in [3.63, 3.8) is 0 Å². The molecule has 4 heteroatoms. The minimum Gasteiger partial charge on any atom is -0.467 e. The van der Waals surface area contributed by atoms with E-state index in [0.29, 0.717) is 8.58 Å². The number of methoxy groups -OCH3 is 1. The fourth-order valence-corrected chi connectivity index (χ4v) is 4.56. The number of rotatable bonds is 6. The summed E-state index contributed by atoms with van der Waals surface area (Å²) in [5.41, 5.74) is 3.42. The molecule has 2 rings (SSSR count). The zero-order valence-electron chi connectivity index (χ0n) is 18.5. The molecular weight excluding hydrogens is 367 g/mol. The molecule has 0 radical (unpaired) electrons. The van der Waals surface area contributed by atoms with Gasteiger partial charge in [-0.05, 0) is 40.3 Å². The van der Waals surface area contributed by atoms with E-state index in [1.165, 1.54) is 11.1 Å². The maximum atomic E-state index is 10.2. The molecular formula is C24H35O3P. The minimum absolute atomic E-state index is 0.0306. The fraction of sp³-hybridized carbons (Fsp3) is 0.500. The Hall–Kier alpha value is -1.41. The number of benzene rings is 2. The van der Waals surface area contributed by atoms with Crippen LogP contribution in [0.3, 0.4) is 0 Å². The van der Waals surface area contributed by atoms with E-state index in [4.69, 9.17) is 9.47 Å². The zero-order chi connectivity index (χ0) is 21.1. The lowest BCUT2D eigenvalue weighted by atomic mass is 9.80. The van der Waals surface area contributed by atoms with E-state index >= 15 is 0 Å². The molecule has 0 saturated heterocycles. The molecule has 0 bridgehead atoms. The predicted octanol–water partition coefficient (Wildman–Crippen LogP) is 4.95. The summed E-state index contributed by atoms with van der Waals surface area (Å²) in [7, 11) is 2.03. The van der Waals surface area contributed by atoms with Gasteiger partial charge in [0.15, 0.2) is 6.79 Å². The summed E-state index contributed by atoms with van der Waals surface area (Å²) in [4.78, 5) is 0. The van der Waals surface area contributed by atoms with Crippen LogP contribution in [0.15, 0.2) is 36.4 Å². The van der Waals surface area contributed by atoms with Crippen LogP contribution in [-0.2, 0) is 15.6 Å². The lowest BCUT2D eigenvalue weighted by Gasteiger charge is -2.29. The molecule has 3 nitrogen and oxygen atoms in total. The summed E-state index contributed by atoms with van der Waals surface area (Å²) in [6.45, 7) is 15.4. The van der Waals surface area contributed by atoms with E-state index < -0.39 is 6.10 Å². The summed E-state index contributed by atoms with van der Waals surface area (Å²) in [6, 6.07) is 12.6. The highest BCUT2D eigenvalue weighted by atomic mass is 31.1. The Bertz CT molecular complexity index is 798. The van der Waals surface area contributed by atoms with Gasteiger partial charge in [-0.25, -0.2) is 0 Å². The lowest BCUT2D eigenvalue weighted by molar-refractivity contribution is 0.0506. The van der Waals surface area contributed by atoms with E-state index in [1.54, 1.807) is 7.11 Å². The highest BCUT2D eigenvalue weighted by molar-refractivity contribution is 7.55. The van der Waals surface area contributed by atoms with Gasteiger partial charge in [-0.3, -0.25) is 0 Å². The Kier molecular flexibility index (Phi) is 7.31. The molecule has 2 unspecified atom stereocenters. The molecule has 0 aromatic heterocycles. The van der Waals surface area contributed by atoms with Gasteiger partial charge in [-0.15, -0.1) is 0 Å². The molecule has 28 heavy (non-hydrogen) atoms. The van der Waals surface area contributed by atoms with Crippen LogP contribution in [0.4, 0.5) is 0 Å². The van der Waals surface area contributed by atoms with Gasteiger partial charge in [0.2, 0.25) is 0 Å². The third-order valence-electron chi connectivity index (χ3n) is 4.76. The van der Waals surface area contributed by atoms with Gasteiger partial charge in [-0.2, -0.15) is 0 Å². The minimum atomic E-state index is -0.500. The first-order valence-electron chi connectivity index (χ1n) is 9.80. The maximum Gasteiger partial charge on any atom is 0.188 e. The Balaban J connectivity index is 2.69. The van der Waals surface area contributed by atoms with Crippen molar-refractivity contribution in [1.29, 1.82) is 0 Å². The molecule has 0 amide bonds. The quantitative estimate of drug-likeness (QED) is 0.549. The van der Waals surface area contributed by atoms with E-state index in [0.717, 1.165) is 21.9 Å². The normalized spacial score (nSPS) is 13.9. The molecule has 0 spiro atoms. The Morgan fingerprint density at radius 3 is 2.14 bits per heavy atom. The third-order valence-corrected chi connectivity index (χ3v) is 6.13. The number of aliphatic hydroxyl groups is 1. The Morgan fingerprint density at radius 2 is 1.61 bits per heavy atom. The van der Waals surface area contributed by atoms with Crippen molar-refractivity contribution >= 4 is 19.2 Å². The van der Waals surface area contributed by atoms with Crippen molar-refractivity contribution < 1.29 is 14.6 Å². The first kappa shape index (κ1) is 22.9. The largest absolute Gasteiger partial charge is 0.467 e. The smallest absolute Gasteiger partial charge is 0.188 e. The number of aliphatic hydroxyl groups excluding tert-OH is 1. The average molecular weight is 403 g/mol. The van der Waals surface area contributed by atoms with Crippen molar-refractivity contribution in [2.75, 3.05) is 13.9 Å². The highest BCUT2D eigenvalue weighted by Gasteiger charge is 2.26. The molecule has 2 aromatic rings. The van der Waals surface area contributed by atoms with Crippen molar-refractivity contribution in [3.8, 4) is 5.75 Å². The molecule has 2 atom stereocenters. The van der Waals surface area contributed by atoms with E-state index in [2.05, 4.69) is 59.7 Å². The van der Waals surface area contributed by atoms with Gasteiger partial charge in [0.05, 0.1) is 6.10 Å². The Morgan fingerprint density at radius 1 is 0.964 bits per heavy atom. The van der Waals surface area contributed by atoms with E-state index in [-0.39, 0.29) is 17.6 Å². The van der Waals surface area contributed by atoms with Crippen LogP contribution in [0.5, 0.6) is 5.75 Å². The van der Waals surface area contributed by atoms with Crippen molar-refractivity contribution in [3.05, 3.63) is 53.1 Å². The second kappa shape index (κ2) is 8.95. The third kappa shape index (κ3) is 5.56. The molecule has 0 saturated carbocycles. The van der Waals surface area contributed by atoms with Crippen molar-refractivity contribution in [1.82, 2.24) is 0 Å². The molecule has 0 aliphatic rings. The Labute approximate surface area is 172 Å². The first-order chi connectivity index (χ1) is 12.9. The van der Waals surface area contributed by atoms with Crippen LogP contribution < -0.4 is 15.3 Å². The van der Waals surface area contributed by atoms with Gasteiger partial charge in [0.1, 0.15) is 5.75 Å². The zero-order valence-corrected chi connectivity index (χ0v) is 19.5. The summed E-state index contributed by atoms with van der Waals surface area (Å²) in [5, 5.41) is 12.5. The van der Waals surface area contributed by atoms with Gasteiger partial charge in [0, 0.05) is 18.0 Å². The first-order valence-corrected chi connectivity index (χ1v) is 10.8. The second-order valence-electron chi connectivity index (χ2n) is 9.34. The van der Waals surface area contributed by atoms with Gasteiger partial charge < -0.3 is 14.6 Å². The number of ether oxygens (including phenoxy) is 2. The monoisotopic (exact) mass is 402 g/mol. The van der Waals surface area contributed by atoms with Crippen LogP contribution >= 0.6 is 8.58 Å². The molecule has 0 fully saturated rings. The second-order valence-corrected chi connectivity index (χ2v) is 10.7. The van der Waals surface area contributed by atoms with Crippen LogP contribution in [0.25, 0.3) is 0 Å². The SMILES string of the molecule is COCOc1c(Pc2ccccc2C(C)O)cc(C(C)(C)C)cc1C(C)(C)C. The van der Waals surface area contributed by atoms with Crippen LogP contribution in [0.1, 0.15) is 71.3 Å². The molecule has 0 aliphatic carbocycles. The molecule has 0 aliphatic heterocycles. The molecule has 0 heterocycles. The standard InChI is InChI=1S/C24H35O3P/c1-16(25)18-11-9-10-12-20(18)28-21-14-17(23(2,3)4)13-19(24(5,6)7)22(21)27-15-26-8/h9-14,16,25,28H,15H2,1-8H3. The van der Waals surface area contributed by atoms with E-state index in [9.17, 15) is 5.11 Å². The average Bonchev–Trinajstić information content (AvgIpc) is 2.58. The molecule has 154 valence electrons. The summed E-state index contributed by atoms with van der Waals surface area (Å²) < 4.78 is 11.3. The van der Waals surface area contributed by atoms with Crippen LogP contribution in [-0.4, -0.2) is 19.0 Å². The molecule has 1 N–H and O–H groups in total. The highest BCUT2D eigenvalue weighted by Crippen LogP contribution is 2.37. The fourth-order valence-electron chi connectivity index (χ4n) is 3.11. The lowest BCUT2D eigenvalue weighted by Crippen LogP contribution is -2.24. The van der Waals surface area contributed by atoms with Crippen molar-refractivity contribution in [2.45, 2.75) is 65.4 Å². The van der Waals surface area contributed by atoms with Crippen LogP contribution in [0.2, 0.25) is 0 Å². The predicted molar refractivity (Wildman–Crippen MR) is 121 cm³/mol. The van der Waals surface area contributed by atoms with Crippen LogP contribution in [0, 0.1) is 0 Å². The summed E-state index contributed by atoms with van der Waals surface area (Å²) >= 11 is 0. The number of hydrogen-bond acceptors (Lipinski definition) is 3. The van der Waals surface area contributed by atoms with Crippen molar-refractivity contribution in [2.24, 2.45) is 0 Å². The topological polar surface area (TPSA) is 38.7 Å². The van der Waals surface area contributed by atoms with Gasteiger partial charge in [0.25, 0.3) is 0 Å². The maximum absolute atomic E-state index is 10.2. The molecule has 2 aromatic carbocycles. The van der Waals surface area contributed by atoms with Gasteiger partial charge >= 0.3 is 0 Å². The summed E-state index contributed by atoms with van der Waals surface area (Å²) in [6.07, 6.45) is -0.500. The van der Waals surface area contributed by atoms with E-state index in [1.807, 2.05) is 25.1 Å². The van der Waals surface area contributed by atoms with Gasteiger partial charge in [-0.1, -0.05) is 80.5 Å². The number of hydrogen-bond donors (Lipinski definition) is 1.